The number of hydrogen-bond donors (Lipinski definition) is 1. The lowest BCUT2D eigenvalue weighted by Crippen LogP contribution is -2.35. The van der Waals surface area contributed by atoms with Gasteiger partial charge in [0.05, 0.1) is 6.54 Å². The monoisotopic (exact) mass is 303 g/mol. The van der Waals surface area contributed by atoms with Crippen molar-refractivity contribution >= 4 is 11.9 Å². The molecule has 116 valence electrons. The average molecular weight is 303 g/mol. The predicted octanol–water partition coefficient (Wildman–Crippen LogP) is 1.37. The van der Waals surface area contributed by atoms with Crippen LogP contribution in [0.15, 0.2) is 47.7 Å². The molecule has 1 unspecified atom stereocenters. The van der Waals surface area contributed by atoms with Crippen LogP contribution >= 0.6 is 0 Å². The van der Waals surface area contributed by atoms with Crippen LogP contribution in [0.1, 0.15) is 23.2 Å². The highest BCUT2D eigenvalue weighted by Crippen LogP contribution is 2.11. The van der Waals surface area contributed by atoms with Crippen molar-refractivity contribution in [1.29, 1.82) is 0 Å². The van der Waals surface area contributed by atoms with Crippen LogP contribution in [0.2, 0.25) is 0 Å². The van der Waals surface area contributed by atoms with Gasteiger partial charge in [0.2, 0.25) is 5.76 Å². The molecule has 0 bridgehead atoms. The van der Waals surface area contributed by atoms with Crippen molar-refractivity contribution in [3.8, 4) is 0 Å². The van der Waals surface area contributed by atoms with Gasteiger partial charge in [-0.05, 0) is 25.1 Å². The van der Waals surface area contributed by atoms with Crippen molar-refractivity contribution in [3.63, 3.8) is 0 Å². The van der Waals surface area contributed by atoms with E-state index in [1.807, 2.05) is 0 Å². The Kier molecular flexibility index (Phi) is 5.13. The van der Waals surface area contributed by atoms with E-state index in [0.717, 1.165) is 0 Å². The largest absolute Gasteiger partial charge is 0.452 e. The van der Waals surface area contributed by atoms with Crippen LogP contribution in [0.25, 0.3) is 0 Å². The number of furan rings is 1. The smallest absolute Gasteiger partial charge is 0.375 e. The number of nitrogens with zero attached hydrogens (tertiary/aromatic N) is 2. The Morgan fingerprint density at radius 1 is 1.55 bits per heavy atom. The third kappa shape index (κ3) is 4.08. The fraction of sp³-hybridized carbons (Fsp3) is 0.267. The standard InChI is InChI=1S/C15H17N3O4/c1-3-7-16-14(19)11(2)21-15(20)13-6-5-12(22-13)10-18-9-4-8-17-18/h3-6,8-9,11H,1,7,10H2,2H3,(H,16,19). The molecule has 0 spiro atoms. The average Bonchev–Trinajstić information content (AvgIpc) is 3.16. The molecule has 0 radical (unpaired) electrons. The Balaban J connectivity index is 1.91. The van der Waals surface area contributed by atoms with Crippen LogP contribution in [0.5, 0.6) is 0 Å². The third-order valence-electron chi connectivity index (χ3n) is 2.81. The molecule has 2 heterocycles. The molecule has 7 heteroatoms. The van der Waals surface area contributed by atoms with Gasteiger partial charge in [-0.1, -0.05) is 6.08 Å². The lowest BCUT2D eigenvalue weighted by Gasteiger charge is -2.11. The van der Waals surface area contributed by atoms with Gasteiger partial charge in [0.1, 0.15) is 5.76 Å². The quantitative estimate of drug-likeness (QED) is 0.616. The van der Waals surface area contributed by atoms with Crippen LogP contribution in [-0.2, 0) is 16.1 Å². The lowest BCUT2D eigenvalue weighted by molar-refractivity contribution is -0.128. The van der Waals surface area contributed by atoms with Gasteiger partial charge in [0.15, 0.2) is 6.10 Å². The molecule has 0 aliphatic heterocycles. The minimum atomic E-state index is -0.910. The molecule has 0 fully saturated rings. The summed E-state index contributed by atoms with van der Waals surface area (Å²) in [6, 6.07) is 4.97. The molecule has 1 amide bonds. The normalized spacial score (nSPS) is 11.7. The first-order valence-corrected chi connectivity index (χ1v) is 6.76. The number of carbonyl (C=O) groups excluding carboxylic acids is 2. The number of amides is 1. The van der Waals surface area contributed by atoms with Crippen molar-refractivity contribution in [2.45, 2.75) is 19.6 Å². The Hall–Kier alpha value is -2.83. The van der Waals surface area contributed by atoms with Crippen molar-refractivity contribution < 1.29 is 18.7 Å². The first-order valence-electron chi connectivity index (χ1n) is 6.76. The Bertz CT molecular complexity index is 646. The topological polar surface area (TPSA) is 86.4 Å². The number of carbonyl (C=O) groups is 2. The molecule has 2 rings (SSSR count). The maximum atomic E-state index is 11.9. The SMILES string of the molecule is C=CCNC(=O)C(C)OC(=O)c1ccc(Cn2cccn2)o1. The third-order valence-corrected chi connectivity index (χ3v) is 2.81. The van der Waals surface area contributed by atoms with Gasteiger partial charge in [0, 0.05) is 18.9 Å². The van der Waals surface area contributed by atoms with Gasteiger partial charge in [-0.2, -0.15) is 5.10 Å². The first kappa shape index (κ1) is 15.6. The van der Waals surface area contributed by atoms with Gasteiger partial charge >= 0.3 is 5.97 Å². The summed E-state index contributed by atoms with van der Waals surface area (Å²) in [5.41, 5.74) is 0. The molecule has 0 saturated heterocycles. The molecule has 22 heavy (non-hydrogen) atoms. The lowest BCUT2D eigenvalue weighted by atomic mass is 10.3. The van der Waals surface area contributed by atoms with E-state index in [9.17, 15) is 9.59 Å². The maximum Gasteiger partial charge on any atom is 0.375 e. The summed E-state index contributed by atoms with van der Waals surface area (Å²) >= 11 is 0. The molecule has 2 aromatic heterocycles. The molecule has 0 aliphatic carbocycles. The van der Waals surface area contributed by atoms with E-state index in [2.05, 4.69) is 17.0 Å². The second-order valence-corrected chi connectivity index (χ2v) is 4.55. The van der Waals surface area contributed by atoms with Gasteiger partial charge in [-0.3, -0.25) is 9.48 Å². The van der Waals surface area contributed by atoms with Crippen molar-refractivity contribution in [2.24, 2.45) is 0 Å². The van der Waals surface area contributed by atoms with E-state index in [1.165, 1.54) is 13.0 Å². The van der Waals surface area contributed by atoms with Crippen LogP contribution in [-0.4, -0.2) is 34.3 Å². The highest BCUT2D eigenvalue weighted by atomic mass is 16.6. The second-order valence-electron chi connectivity index (χ2n) is 4.55. The van der Waals surface area contributed by atoms with Gasteiger partial charge in [-0.25, -0.2) is 4.79 Å². The number of ether oxygens (including phenoxy) is 1. The molecular weight excluding hydrogens is 286 g/mol. The molecule has 0 saturated carbocycles. The summed E-state index contributed by atoms with van der Waals surface area (Å²) in [4.78, 5) is 23.5. The van der Waals surface area contributed by atoms with Crippen molar-refractivity contribution in [3.05, 3.63) is 54.8 Å². The predicted molar refractivity (Wildman–Crippen MR) is 78.1 cm³/mol. The zero-order valence-electron chi connectivity index (χ0n) is 12.2. The zero-order chi connectivity index (χ0) is 15.9. The summed E-state index contributed by atoms with van der Waals surface area (Å²) in [5.74, 6) is -0.463. The molecule has 0 aromatic carbocycles. The first-order chi connectivity index (χ1) is 10.6. The van der Waals surface area contributed by atoms with Crippen molar-refractivity contribution in [2.75, 3.05) is 6.54 Å². The fourth-order valence-corrected chi connectivity index (χ4v) is 1.71. The minimum absolute atomic E-state index is 0.0468. The van der Waals surface area contributed by atoms with Crippen LogP contribution < -0.4 is 5.32 Å². The summed E-state index contributed by atoms with van der Waals surface area (Å²) in [6.07, 6.45) is 4.07. The molecule has 1 atom stereocenters. The molecule has 7 nitrogen and oxygen atoms in total. The van der Waals surface area contributed by atoms with E-state index in [-0.39, 0.29) is 5.76 Å². The van der Waals surface area contributed by atoms with E-state index >= 15 is 0 Å². The van der Waals surface area contributed by atoms with Gasteiger partial charge in [0.25, 0.3) is 5.91 Å². The summed E-state index contributed by atoms with van der Waals surface area (Å²) in [6.45, 7) is 5.71. The number of nitrogens with one attached hydrogen (secondary N) is 1. The number of rotatable bonds is 7. The van der Waals surface area contributed by atoms with Gasteiger partial charge in [-0.15, -0.1) is 6.58 Å². The minimum Gasteiger partial charge on any atom is -0.452 e. The van der Waals surface area contributed by atoms with E-state index < -0.39 is 18.0 Å². The Labute approximate surface area is 127 Å². The zero-order valence-corrected chi connectivity index (χ0v) is 12.2. The van der Waals surface area contributed by atoms with Gasteiger partial charge < -0.3 is 14.5 Å². The highest BCUT2D eigenvalue weighted by Gasteiger charge is 2.20. The number of esters is 1. The van der Waals surface area contributed by atoms with E-state index in [0.29, 0.717) is 18.8 Å². The summed E-state index contributed by atoms with van der Waals surface area (Å²) in [5, 5.41) is 6.59. The molecule has 2 aromatic rings. The molecule has 0 aliphatic rings. The number of aromatic nitrogens is 2. The van der Waals surface area contributed by atoms with Crippen molar-refractivity contribution in [1.82, 2.24) is 15.1 Å². The van der Waals surface area contributed by atoms with E-state index in [4.69, 9.17) is 9.15 Å². The Morgan fingerprint density at radius 2 is 2.36 bits per heavy atom. The van der Waals surface area contributed by atoms with Crippen LogP contribution in [0.3, 0.4) is 0 Å². The number of hydrogen-bond acceptors (Lipinski definition) is 5. The summed E-state index contributed by atoms with van der Waals surface area (Å²) in [7, 11) is 0. The summed E-state index contributed by atoms with van der Waals surface area (Å²) < 4.78 is 12.1. The molecular formula is C15H17N3O4. The fourth-order valence-electron chi connectivity index (χ4n) is 1.71. The van der Waals surface area contributed by atoms with Crippen LogP contribution in [0, 0.1) is 0 Å². The molecule has 1 N–H and O–H groups in total. The highest BCUT2D eigenvalue weighted by molar-refractivity contribution is 5.90. The van der Waals surface area contributed by atoms with E-state index in [1.54, 1.807) is 35.3 Å². The Morgan fingerprint density at radius 3 is 3.05 bits per heavy atom. The maximum absolute atomic E-state index is 11.9. The van der Waals surface area contributed by atoms with Crippen LogP contribution in [0.4, 0.5) is 0 Å². The second kappa shape index (κ2) is 7.26.